The maximum atomic E-state index is 2.60. The minimum Gasteiger partial charge on any atom is -0.313 e. The smallest absolute Gasteiger partial charge is 0.252 e. The van der Waals surface area contributed by atoms with Crippen LogP contribution >= 0.6 is 0 Å². The lowest BCUT2D eigenvalue weighted by atomic mass is 9.33. The van der Waals surface area contributed by atoms with Gasteiger partial charge in [0.25, 0.3) is 6.71 Å². The molecule has 4 nitrogen and oxygen atoms in total. The van der Waals surface area contributed by atoms with E-state index < -0.39 is 0 Å². The molecule has 2 aliphatic heterocycles. The maximum Gasteiger partial charge on any atom is 0.252 e. The highest BCUT2D eigenvalue weighted by Crippen LogP contribution is 2.45. The summed E-state index contributed by atoms with van der Waals surface area (Å²) in [7, 11) is 0. The monoisotopic (exact) mass is 902 g/mol. The number of aromatic nitrogens is 3. The highest BCUT2D eigenvalue weighted by molar-refractivity contribution is 7.00. The predicted molar refractivity (Wildman–Crippen MR) is 299 cm³/mol. The van der Waals surface area contributed by atoms with Crippen LogP contribution in [0.15, 0.2) is 237 Å². The molecule has 3 aliphatic rings. The number of allylic oxidation sites excluding steroid dienone is 1. The Bertz CT molecular complexity index is 4390. The maximum absolute atomic E-state index is 2.60. The van der Waals surface area contributed by atoms with E-state index in [0.29, 0.717) is 0 Å². The van der Waals surface area contributed by atoms with Gasteiger partial charge >= 0.3 is 0 Å². The third-order valence-electron chi connectivity index (χ3n) is 15.9. The Morgan fingerprint density at radius 1 is 0.380 bits per heavy atom. The van der Waals surface area contributed by atoms with Crippen molar-refractivity contribution in [3.05, 3.63) is 253 Å². The van der Waals surface area contributed by atoms with Crippen LogP contribution in [-0.4, -0.2) is 20.4 Å². The average molecular weight is 903 g/mol. The zero-order valence-electron chi connectivity index (χ0n) is 38.7. The first-order valence-corrected chi connectivity index (χ1v) is 24.9. The van der Waals surface area contributed by atoms with E-state index in [1.807, 2.05) is 0 Å². The van der Waals surface area contributed by atoms with Crippen molar-refractivity contribution >= 4 is 101 Å². The van der Waals surface area contributed by atoms with Gasteiger partial charge < -0.3 is 18.6 Å². The molecule has 5 heteroatoms. The molecule has 0 fully saturated rings. The Hall–Kier alpha value is -9.06. The Morgan fingerprint density at radius 2 is 1.01 bits per heavy atom. The quantitative estimate of drug-likeness (QED) is 0.157. The summed E-state index contributed by atoms with van der Waals surface area (Å²) in [6, 6.07) is 85.9. The summed E-state index contributed by atoms with van der Waals surface area (Å²) < 4.78 is 7.53. The average Bonchev–Trinajstić information content (AvgIpc) is 4.08. The molecule has 10 aromatic carbocycles. The Morgan fingerprint density at radius 3 is 1.82 bits per heavy atom. The largest absolute Gasteiger partial charge is 0.313 e. The highest BCUT2D eigenvalue weighted by atomic mass is 15.2. The summed E-state index contributed by atoms with van der Waals surface area (Å²) in [6.07, 6.45) is 5.75. The molecule has 71 heavy (non-hydrogen) atoms. The number of hydrogen-bond acceptors (Lipinski definition) is 1. The minimum absolute atomic E-state index is 0.0233. The van der Waals surface area contributed by atoms with Crippen LogP contribution in [0.2, 0.25) is 0 Å². The predicted octanol–water partition coefficient (Wildman–Crippen LogP) is 14.5. The van der Waals surface area contributed by atoms with Crippen molar-refractivity contribution in [2.24, 2.45) is 0 Å². The van der Waals surface area contributed by atoms with Crippen molar-refractivity contribution in [3.63, 3.8) is 0 Å². The topological polar surface area (TPSA) is 18.0 Å². The molecule has 0 spiro atoms. The third kappa shape index (κ3) is 5.46. The molecular formula is C66H43BN4. The minimum atomic E-state index is 0.0233. The molecule has 0 saturated carbocycles. The van der Waals surface area contributed by atoms with Gasteiger partial charge in [-0.1, -0.05) is 152 Å². The fraction of sp³-hybridized carbons (Fsp3) is 0.0303. The van der Waals surface area contributed by atoms with Crippen LogP contribution in [0.4, 0.5) is 17.1 Å². The number of hydrogen-bond donors (Lipinski definition) is 0. The standard InChI is InChI=1S/C66H43BN4/c1-4-17-46(18-5-1)68-57-26-13-10-23-49(57)51-34-31-43(40-63(51)68)42-33-36-59-53(37-42)54-38-45(44-32-35-52-50-24-11-14-27-58(50)69(64(52)41-44)47-19-6-2-7-20-47)39-56-66(54)71(59)62-30-16-29-61-65(62)67(56)55-25-12-15-28-60(55)70(61)48-21-8-3-9-22-48/h1-39,41,43H,40H2. The molecule has 16 rings (SSSR count). The van der Waals surface area contributed by atoms with E-state index in [-0.39, 0.29) is 12.6 Å². The second-order valence-electron chi connectivity index (χ2n) is 19.6. The molecule has 13 aromatic rings. The molecular weight excluding hydrogens is 860 g/mol. The molecule has 0 radical (unpaired) electrons. The number of fused-ring (bicyclic) bond motifs is 13. The van der Waals surface area contributed by atoms with Crippen molar-refractivity contribution < 1.29 is 0 Å². The van der Waals surface area contributed by atoms with E-state index in [9.17, 15) is 0 Å². The molecule has 5 heterocycles. The second kappa shape index (κ2) is 14.7. The first-order chi connectivity index (χ1) is 35.2. The lowest BCUT2D eigenvalue weighted by Crippen LogP contribution is -2.60. The molecule has 0 bridgehead atoms. The van der Waals surface area contributed by atoms with E-state index in [4.69, 9.17) is 0 Å². The van der Waals surface area contributed by atoms with Crippen LogP contribution < -0.4 is 21.3 Å². The van der Waals surface area contributed by atoms with E-state index in [0.717, 1.165) is 17.8 Å². The molecule has 1 aliphatic carbocycles. The van der Waals surface area contributed by atoms with Gasteiger partial charge in [0.15, 0.2) is 0 Å². The summed E-state index contributed by atoms with van der Waals surface area (Å²) in [4.78, 5) is 2.48. The van der Waals surface area contributed by atoms with Gasteiger partial charge in [0.1, 0.15) is 0 Å². The zero-order chi connectivity index (χ0) is 46.3. The summed E-state index contributed by atoms with van der Waals surface area (Å²) in [6.45, 7) is 0.0233. The van der Waals surface area contributed by atoms with Crippen molar-refractivity contribution in [1.82, 2.24) is 13.7 Å². The van der Waals surface area contributed by atoms with Crippen LogP contribution in [0, 0.1) is 0 Å². The van der Waals surface area contributed by atoms with E-state index in [1.54, 1.807) is 0 Å². The van der Waals surface area contributed by atoms with Crippen LogP contribution in [-0.2, 0) is 6.42 Å². The highest BCUT2D eigenvalue weighted by Gasteiger charge is 2.42. The van der Waals surface area contributed by atoms with Gasteiger partial charge in [-0.05, 0) is 130 Å². The number of rotatable bonds is 5. The van der Waals surface area contributed by atoms with Crippen molar-refractivity contribution in [3.8, 4) is 28.2 Å². The summed E-state index contributed by atoms with van der Waals surface area (Å²) in [5, 5.41) is 6.40. The normalized spacial score (nSPS) is 14.5. The first kappa shape index (κ1) is 38.9. The van der Waals surface area contributed by atoms with E-state index >= 15 is 0 Å². The lowest BCUT2D eigenvalue weighted by Gasteiger charge is -2.40. The molecule has 3 aromatic heterocycles. The van der Waals surface area contributed by atoms with Crippen molar-refractivity contribution in [1.29, 1.82) is 0 Å². The fourth-order valence-electron chi connectivity index (χ4n) is 13.0. The van der Waals surface area contributed by atoms with Crippen LogP contribution in [0.1, 0.15) is 22.7 Å². The van der Waals surface area contributed by atoms with Crippen LogP contribution in [0.25, 0.3) is 88.8 Å². The zero-order valence-corrected chi connectivity index (χ0v) is 38.7. The summed E-state index contributed by atoms with van der Waals surface area (Å²) in [5.41, 5.74) is 23.9. The molecule has 0 N–H and O–H groups in total. The molecule has 1 unspecified atom stereocenters. The van der Waals surface area contributed by atoms with Crippen molar-refractivity contribution in [2.75, 3.05) is 4.90 Å². The Labute approximate surface area is 411 Å². The molecule has 0 amide bonds. The number of benzene rings is 10. The van der Waals surface area contributed by atoms with Gasteiger partial charge in [-0.3, -0.25) is 0 Å². The summed E-state index contributed by atoms with van der Waals surface area (Å²) >= 11 is 0. The molecule has 1 atom stereocenters. The Balaban J connectivity index is 0.953. The van der Waals surface area contributed by atoms with Gasteiger partial charge in [0, 0.05) is 83.7 Å². The Kier molecular flexibility index (Phi) is 8.06. The molecule has 330 valence electrons. The first-order valence-electron chi connectivity index (χ1n) is 24.9. The van der Waals surface area contributed by atoms with E-state index in [1.165, 1.54) is 122 Å². The van der Waals surface area contributed by atoms with E-state index in [2.05, 4.69) is 261 Å². The van der Waals surface area contributed by atoms with Gasteiger partial charge in [-0.15, -0.1) is 0 Å². The van der Waals surface area contributed by atoms with Crippen LogP contribution in [0.3, 0.4) is 0 Å². The van der Waals surface area contributed by atoms with Gasteiger partial charge in [0.05, 0.1) is 22.1 Å². The lowest BCUT2D eigenvalue weighted by molar-refractivity contribution is 0.784. The van der Waals surface area contributed by atoms with Gasteiger partial charge in [-0.25, -0.2) is 0 Å². The van der Waals surface area contributed by atoms with Crippen molar-refractivity contribution in [2.45, 2.75) is 12.3 Å². The number of anilines is 3. The molecule has 0 saturated heterocycles. The summed E-state index contributed by atoms with van der Waals surface area (Å²) in [5.74, 6) is 0.201. The third-order valence-corrected chi connectivity index (χ3v) is 15.9. The van der Waals surface area contributed by atoms with Crippen LogP contribution in [0.5, 0.6) is 0 Å². The van der Waals surface area contributed by atoms with Gasteiger partial charge in [0.2, 0.25) is 0 Å². The second-order valence-corrected chi connectivity index (χ2v) is 19.6. The number of nitrogens with zero attached hydrogens (tertiary/aromatic N) is 4. The fourth-order valence-corrected chi connectivity index (χ4v) is 13.0. The van der Waals surface area contributed by atoms with Gasteiger partial charge in [-0.2, -0.15) is 0 Å². The SMILES string of the molecule is C1=CC(c2ccc3c(c2)c2cc(-c4ccc5c6ccccc6n(-c6ccccc6)c5c4)cc4c2n3-c2cccc3c2B4c2ccccc2N3c2ccccc2)Cc2c1c1ccccc1n2-c1ccccc1. The number of para-hydroxylation sites is 6.